The van der Waals surface area contributed by atoms with Crippen LogP contribution >= 0.6 is 11.8 Å². The Kier molecular flexibility index (Phi) is 7.54. The van der Waals surface area contributed by atoms with Crippen LogP contribution in [0, 0.1) is 13.8 Å². The summed E-state index contributed by atoms with van der Waals surface area (Å²) in [5, 5.41) is 9.41. The lowest BCUT2D eigenvalue weighted by molar-refractivity contribution is -0.128. The lowest BCUT2D eigenvalue weighted by atomic mass is 10.1. The van der Waals surface area contributed by atoms with Gasteiger partial charge in [0.2, 0.25) is 5.91 Å². The van der Waals surface area contributed by atoms with Gasteiger partial charge in [0, 0.05) is 38.4 Å². The topological polar surface area (TPSA) is 63.5 Å². The molecule has 1 aliphatic rings. The average Bonchev–Trinajstić information content (AvgIpc) is 3.25. The summed E-state index contributed by atoms with van der Waals surface area (Å²) in [5.41, 5.74) is 3.54. The SMILES string of the molecule is CCn1c(COc2cccc(C)c2C)nnc1SCC(=O)N1CCN(c2ccccc2)CC1. The highest BCUT2D eigenvalue weighted by atomic mass is 32.2. The van der Waals surface area contributed by atoms with Gasteiger partial charge in [0.15, 0.2) is 11.0 Å². The maximum Gasteiger partial charge on any atom is 0.233 e. The maximum atomic E-state index is 12.8. The molecule has 0 aliphatic carbocycles. The Labute approximate surface area is 199 Å². The highest BCUT2D eigenvalue weighted by Gasteiger charge is 2.22. The van der Waals surface area contributed by atoms with Crippen molar-refractivity contribution in [2.45, 2.75) is 39.1 Å². The molecule has 0 unspecified atom stereocenters. The fourth-order valence-corrected chi connectivity index (χ4v) is 4.87. The lowest BCUT2D eigenvalue weighted by Gasteiger charge is -2.36. The van der Waals surface area contributed by atoms with E-state index < -0.39 is 0 Å². The van der Waals surface area contributed by atoms with E-state index in [9.17, 15) is 4.79 Å². The van der Waals surface area contributed by atoms with Crippen molar-refractivity contribution < 1.29 is 9.53 Å². The standard InChI is InChI=1S/C25H31N5O2S/c1-4-30-23(17-32-22-12-8-9-19(2)20(22)3)26-27-25(30)33-18-24(31)29-15-13-28(14-16-29)21-10-6-5-7-11-21/h5-12H,4,13-18H2,1-3H3. The minimum absolute atomic E-state index is 0.145. The van der Waals surface area contributed by atoms with Crippen molar-refractivity contribution in [3.05, 3.63) is 65.5 Å². The Morgan fingerprint density at radius 3 is 2.48 bits per heavy atom. The van der Waals surface area contributed by atoms with Crippen LogP contribution in [0.4, 0.5) is 5.69 Å². The van der Waals surface area contributed by atoms with Gasteiger partial charge in [0.1, 0.15) is 12.4 Å². The number of hydrogen-bond acceptors (Lipinski definition) is 6. The van der Waals surface area contributed by atoms with Crippen molar-refractivity contribution in [2.75, 3.05) is 36.8 Å². The second-order valence-electron chi connectivity index (χ2n) is 8.12. The predicted molar refractivity (Wildman–Crippen MR) is 132 cm³/mol. The van der Waals surface area contributed by atoms with E-state index in [2.05, 4.69) is 66.2 Å². The van der Waals surface area contributed by atoms with Gasteiger partial charge in [-0.15, -0.1) is 10.2 Å². The first-order valence-electron chi connectivity index (χ1n) is 11.4. The number of ether oxygens (including phenoxy) is 1. The van der Waals surface area contributed by atoms with Gasteiger partial charge >= 0.3 is 0 Å². The quantitative estimate of drug-likeness (QED) is 0.470. The van der Waals surface area contributed by atoms with Gasteiger partial charge in [-0.2, -0.15) is 0 Å². The molecule has 33 heavy (non-hydrogen) atoms. The van der Waals surface area contributed by atoms with Gasteiger partial charge in [0.05, 0.1) is 5.75 Å². The monoisotopic (exact) mass is 465 g/mol. The molecule has 174 valence electrons. The number of aromatic nitrogens is 3. The Morgan fingerprint density at radius 1 is 1.00 bits per heavy atom. The van der Waals surface area contributed by atoms with Crippen molar-refractivity contribution in [3.63, 3.8) is 0 Å². The third kappa shape index (κ3) is 5.50. The Balaban J connectivity index is 1.30. The molecule has 3 aromatic rings. The summed E-state index contributed by atoms with van der Waals surface area (Å²) in [4.78, 5) is 17.1. The number of piperazine rings is 1. The number of hydrogen-bond donors (Lipinski definition) is 0. The molecular weight excluding hydrogens is 434 g/mol. The number of aryl methyl sites for hydroxylation is 1. The number of para-hydroxylation sites is 1. The zero-order valence-corrected chi connectivity index (χ0v) is 20.3. The largest absolute Gasteiger partial charge is 0.485 e. The minimum Gasteiger partial charge on any atom is -0.485 e. The first kappa shape index (κ1) is 23.2. The van der Waals surface area contributed by atoms with E-state index in [1.807, 2.05) is 27.7 Å². The fourth-order valence-electron chi connectivity index (χ4n) is 3.94. The number of rotatable bonds is 8. The van der Waals surface area contributed by atoms with Gasteiger partial charge in [-0.25, -0.2) is 0 Å². The first-order valence-corrected chi connectivity index (χ1v) is 12.4. The van der Waals surface area contributed by atoms with Crippen LogP contribution in [0.3, 0.4) is 0 Å². The zero-order valence-electron chi connectivity index (χ0n) is 19.5. The molecule has 1 aliphatic heterocycles. The molecule has 4 rings (SSSR count). The number of nitrogens with zero attached hydrogens (tertiary/aromatic N) is 5. The summed E-state index contributed by atoms with van der Waals surface area (Å²) in [7, 11) is 0. The average molecular weight is 466 g/mol. The maximum absolute atomic E-state index is 12.8. The van der Waals surface area contributed by atoms with Crippen LogP contribution in [0.2, 0.25) is 0 Å². The highest BCUT2D eigenvalue weighted by Crippen LogP contribution is 2.23. The highest BCUT2D eigenvalue weighted by molar-refractivity contribution is 7.99. The van der Waals surface area contributed by atoms with E-state index in [1.165, 1.54) is 23.0 Å². The number of carbonyl (C=O) groups excluding carboxylic acids is 1. The van der Waals surface area contributed by atoms with E-state index >= 15 is 0 Å². The third-order valence-electron chi connectivity index (χ3n) is 6.10. The summed E-state index contributed by atoms with van der Waals surface area (Å²) < 4.78 is 8.04. The van der Waals surface area contributed by atoms with Gasteiger partial charge in [-0.05, 0) is 50.1 Å². The fraction of sp³-hybridized carbons (Fsp3) is 0.400. The number of amides is 1. The molecular formula is C25H31N5O2S. The Bertz CT molecular complexity index is 1080. The molecule has 1 saturated heterocycles. The van der Waals surface area contributed by atoms with Crippen LogP contribution in [-0.2, 0) is 17.9 Å². The molecule has 8 heteroatoms. The second kappa shape index (κ2) is 10.7. The van der Waals surface area contributed by atoms with Crippen molar-refractivity contribution in [1.29, 1.82) is 0 Å². The number of anilines is 1. The molecule has 2 heterocycles. The van der Waals surface area contributed by atoms with E-state index in [0.29, 0.717) is 12.4 Å². The summed E-state index contributed by atoms with van der Waals surface area (Å²) in [5.74, 6) is 2.14. The minimum atomic E-state index is 0.145. The first-order chi connectivity index (χ1) is 16.1. The molecule has 0 atom stereocenters. The predicted octanol–water partition coefficient (Wildman–Crippen LogP) is 3.93. The van der Waals surface area contributed by atoms with E-state index in [4.69, 9.17) is 4.74 Å². The zero-order chi connectivity index (χ0) is 23.2. The van der Waals surface area contributed by atoms with Crippen molar-refractivity contribution in [3.8, 4) is 5.75 Å². The summed E-state index contributed by atoms with van der Waals surface area (Å²) in [6, 6.07) is 16.4. The lowest BCUT2D eigenvalue weighted by Crippen LogP contribution is -2.49. The van der Waals surface area contributed by atoms with Crippen LogP contribution in [0.15, 0.2) is 53.7 Å². The van der Waals surface area contributed by atoms with Crippen molar-refractivity contribution in [2.24, 2.45) is 0 Å². The van der Waals surface area contributed by atoms with E-state index in [0.717, 1.165) is 55.0 Å². The molecule has 1 aromatic heterocycles. The van der Waals surface area contributed by atoms with Crippen LogP contribution in [0.25, 0.3) is 0 Å². The van der Waals surface area contributed by atoms with Gasteiger partial charge in [-0.1, -0.05) is 42.1 Å². The Morgan fingerprint density at radius 2 is 1.76 bits per heavy atom. The molecule has 7 nitrogen and oxygen atoms in total. The van der Waals surface area contributed by atoms with E-state index in [1.54, 1.807) is 0 Å². The van der Waals surface area contributed by atoms with Crippen molar-refractivity contribution in [1.82, 2.24) is 19.7 Å². The van der Waals surface area contributed by atoms with Crippen molar-refractivity contribution >= 4 is 23.4 Å². The third-order valence-corrected chi connectivity index (χ3v) is 7.05. The molecule has 0 N–H and O–H groups in total. The van der Waals surface area contributed by atoms with Crippen LogP contribution < -0.4 is 9.64 Å². The Hall–Kier alpha value is -3.00. The van der Waals surface area contributed by atoms with Crippen LogP contribution in [0.5, 0.6) is 5.75 Å². The van der Waals surface area contributed by atoms with Crippen LogP contribution in [0.1, 0.15) is 23.9 Å². The van der Waals surface area contributed by atoms with Gasteiger partial charge in [0.25, 0.3) is 0 Å². The smallest absolute Gasteiger partial charge is 0.233 e. The number of carbonyl (C=O) groups is 1. The molecule has 0 radical (unpaired) electrons. The summed E-state index contributed by atoms with van der Waals surface area (Å²) >= 11 is 1.45. The normalized spacial score (nSPS) is 13.9. The molecule has 2 aromatic carbocycles. The van der Waals surface area contributed by atoms with E-state index in [-0.39, 0.29) is 5.91 Å². The van der Waals surface area contributed by atoms with Gasteiger partial charge in [-0.3, -0.25) is 4.79 Å². The molecule has 1 amide bonds. The van der Waals surface area contributed by atoms with Crippen LogP contribution in [-0.4, -0.2) is 57.5 Å². The molecule has 1 fully saturated rings. The summed E-state index contributed by atoms with van der Waals surface area (Å²) in [6.45, 7) is 10.4. The second-order valence-corrected chi connectivity index (χ2v) is 9.06. The number of thioether (sulfide) groups is 1. The van der Waals surface area contributed by atoms with Gasteiger partial charge < -0.3 is 19.1 Å². The molecule has 0 spiro atoms. The number of benzene rings is 2. The molecule has 0 bridgehead atoms. The molecule has 0 saturated carbocycles. The summed E-state index contributed by atoms with van der Waals surface area (Å²) in [6.07, 6.45) is 0.